The highest BCUT2D eigenvalue weighted by Crippen LogP contribution is 2.20. The van der Waals surface area contributed by atoms with Gasteiger partial charge in [0.1, 0.15) is 0 Å². The first kappa shape index (κ1) is 13.0. The van der Waals surface area contributed by atoms with Crippen LogP contribution >= 0.6 is 0 Å². The molecule has 0 saturated carbocycles. The van der Waals surface area contributed by atoms with Crippen molar-refractivity contribution in [1.29, 1.82) is 0 Å². The molecule has 1 rings (SSSR count). The van der Waals surface area contributed by atoms with Crippen LogP contribution in [0.3, 0.4) is 0 Å². The van der Waals surface area contributed by atoms with Crippen molar-refractivity contribution in [1.82, 2.24) is 0 Å². The molecule has 0 amide bonds. The second-order valence-electron chi connectivity index (χ2n) is 4.11. The normalized spacial score (nSPS) is 10.8. The summed E-state index contributed by atoms with van der Waals surface area (Å²) in [5, 5.41) is 0. The molecule has 1 aromatic carbocycles. The van der Waals surface area contributed by atoms with Gasteiger partial charge < -0.3 is 4.74 Å². The van der Waals surface area contributed by atoms with E-state index >= 15 is 0 Å². The average molecular weight is 224 g/mol. The zero-order valence-electron chi connectivity index (χ0n) is 10.4. The van der Waals surface area contributed by atoms with Gasteiger partial charge in [0.15, 0.2) is 11.6 Å². The average Bonchev–Trinajstić information content (AvgIpc) is 2.32. The Morgan fingerprint density at radius 1 is 1.19 bits per heavy atom. The van der Waals surface area contributed by atoms with Crippen molar-refractivity contribution in [2.45, 2.75) is 40.0 Å². The number of benzene rings is 1. The molecule has 0 fully saturated rings. The maximum absolute atomic E-state index is 13.4. The van der Waals surface area contributed by atoms with E-state index in [0.717, 1.165) is 24.8 Å². The van der Waals surface area contributed by atoms with Gasteiger partial charge in [-0.05, 0) is 30.0 Å². The van der Waals surface area contributed by atoms with Crippen LogP contribution in [0.25, 0.3) is 0 Å². The van der Waals surface area contributed by atoms with Crippen molar-refractivity contribution in [3.63, 3.8) is 0 Å². The smallest absolute Gasteiger partial charge is 0.165 e. The number of aryl methyl sites for hydroxylation is 1. The van der Waals surface area contributed by atoms with Crippen LogP contribution in [0.15, 0.2) is 18.2 Å². The van der Waals surface area contributed by atoms with Crippen LogP contribution in [-0.2, 0) is 6.42 Å². The molecule has 0 unspecified atom stereocenters. The van der Waals surface area contributed by atoms with E-state index in [-0.39, 0.29) is 5.82 Å². The van der Waals surface area contributed by atoms with Gasteiger partial charge in [0.25, 0.3) is 0 Å². The molecule has 0 bridgehead atoms. The SMILES string of the molecule is CCc1ccc(F)c(OCC(CC)CC)c1. The van der Waals surface area contributed by atoms with Crippen molar-refractivity contribution in [2.75, 3.05) is 6.61 Å². The summed E-state index contributed by atoms with van der Waals surface area (Å²) in [6.07, 6.45) is 3.05. The summed E-state index contributed by atoms with van der Waals surface area (Å²) in [7, 11) is 0. The zero-order valence-corrected chi connectivity index (χ0v) is 10.4. The van der Waals surface area contributed by atoms with E-state index in [1.165, 1.54) is 6.07 Å². The van der Waals surface area contributed by atoms with E-state index in [0.29, 0.717) is 18.3 Å². The quantitative estimate of drug-likeness (QED) is 0.703. The molecule has 0 spiro atoms. The Morgan fingerprint density at radius 2 is 1.88 bits per heavy atom. The van der Waals surface area contributed by atoms with Crippen molar-refractivity contribution < 1.29 is 9.13 Å². The van der Waals surface area contributed by atoms with Crippen LogP contribution in [-0.4, -0.2) is 6.61 Å². The Bertz CT molecular complexity index is 319. The van der Waals surface area contributed by atoms with E-state index in [1.54, 1.807) is 12.1 Å². The Hall–Kier alpha value is -1.05. The molecule has 0 aliphatic carbocycles. The van der Waals surface area contributed by atoms with Crippen molar-refractivity contribution in [2.24, 2.45) is 5.92 Å². The van der Waals surface area contributed by atoms with Crippen LogP contribution in [0.4, 0.5) is 4.39 Å². The predicted molar refractivity (Wildman–Crippen MR) is 65.3 cm³/mol. The second kappa shape index (κ2) is 6.51. The van der Waals surface area contributed by atoms with Crippen molar-refractivity contribution >= 4 is 0 Å². The molecule has 0 aliphatic heterocycles. The van der Waals surface area contributed by atoms with E-state index in [2.05, 4.69) is 20.8 Å². The molecular formula is C14H21FO. The van der Waals surface area contributed by atoms with Gasteiger partial charge >= 0.3 is 0 Å². The number of hydrogen-bond acceptors (Lipinski definition) is 1. The van der Waals surface area contributed by atoms with Gasteiger partial charge in [-0.1, -0.05) is 39.7 Å². The monoisotopic (exact) mass is 224 g/mol. The summed E-state index contributed by atoms with van der Waals surface area (Å²) < 4.78 is 19.0. The summed E-state index contributed by atoms with van der Waals surface area (Å²) in [4.78, 5) is 0. The summed E-state index contributed by atoms with van der Waals surface area (Å²) in [6, 6.07) is 5.10. The van der Waals surface area contributed by atoms with Crippen molar-refractivity contribution in [3.05, 3.63) is 29.6 Å². The lowest BCUT2D eigenvalue weighted by Gasteiger charge is -2.14. The largest absolute Gasteiger partial charge is 0.490 e. The second-order valence-corrected chi connectivity index (χ2v) is 4.11. The molecule has 0 N–H and O–H groups in total. The number of hydrogen-bond donors (Lipinski definition) is 0. The molecule has 0 radical (unpaired) electrons. The summed E-state index contributed by atoms with van der Waals surface area (Å²) in [6.45, 7) is 6.93. The minimum Gasteiger partial charge on any atom is -0.490 e. The van der Waals surface area contributed by atoms with Crippen LogP contribution in [0.5, 0.6) is 5.75 Å². The molecule has 90 valence electrons. The van der Waals surface area contributed by atoms with Gasteiger partial charge in [0.2, 0.25) is 0 Å². The minimum absolute atomic E-state index is 0.261. The number of rotatable bonds is 6. The van der Waals surface area contributed by atoms with Gasteiger partial charge in [0, 0.05) is 0 Å². The predicted octanol–water partition coefficient (Wildman–Crippen LogP) is 4.20. The molecule has 0 aliphatic rings. The Morgan fingerprint density at radius 3 is 2.44 bits per heavy atom. The van der Waals surface area contributed by atoms with Crippen LogP contribution in [0.2, 0.25) is 0 Å². The summed E-state index contributed by atoms with van der Waals surface area (Å²) >= 11 is 0. The third-order valence-electron chi connectivity index (χ3n) is 3.03. The molecule has 0 heterocycles. The first-order valence-electron chi connectivity index (χ1n) is 6.12. The van der Waals surface area contributed by atoms with E-state index in [9.17, 15) is 4.39 Å². The highest BCUT2D eigenvalue weighted by Gasteiger charge is 2.08. The standard InChI is InChI=1S/C14H21FO/c1-4-11(5-2)10-16-14-9-12(6-3)7-8-13(14)15/h7-9,11H,4-6,10H2,1-3H3. The topological polar surface area (TPSA) is 9.23 Å². The van der Waals surface area contributed by atoms with E-state index in [4.69, 9.17) is 4.74 Å². The molecule has 1 aromatic rings. The third-order valence-corrected chi connectivity index (χ3v) is 3.03. The van der Waals surface area contributed by atoms with E-state index < -0.39 is 0 Å². The Kier molecular flexibility index (Phi) is 5.30. The van der Waals surface area contributed by atoms with Crippen LogP contribution < -0.4 is 4.74 Å². The minimum atomic E-state index is -0.261. The highest BCUT2D eigenvalue weighted by molar-refractivity contribution is 5.30. The lowest BCUT2D eigenvalue weighted by molar-refractivity contribution is 0.231. The van der Waals surface area contributed by atoms with E-state index in [1.807, 2.05) is 0 Å². The summed E-state index contributed by atoms with van der Waals surface area (Å²) in [5.41, 5.74) is 1.11. The van der Waals surface area contributed by atoms with Crippen molar-refractivity contribution in [3.8, 4) is 5.75 Å². The molecular weight excluding hydrogens is 203 g/mol. The summed E-state index contributed by atoms with van der Waals surface area (Å²) in [5.74, 6) is 0.652. The first-order chi connectivity index (χ1) is 7.71. The fraction of sp³-hybridized carbons (Fsp3) is 0.571. The molecule has 16 heavy (non-hydrogen) atoms. The van der Waals surface area contributed by atoms with Crippen LogP contribution in [0.1, 0.15) is 39.2 Å². The first-order valence-corrected chi connectivity index (χ1v) is 6.12. The molecule has 2 heteroatoms. The zero-order chi connectivity index (χ0) is 12.0. The number of ether oxygens (including phenoxy) is 1. The molecule has 0 saturated heterocycles. The lowest BCUT2D eigenvalue weighted by Crippen LogP contribution is -2.11. The van der Waals surface area contributed by atoms with Gasteiger partial charge in [-0.3, -0.25) is 0 Å². The van der Waals surface area contributed by atoms with Gasteiger partial charge in [-0.25, -0.2) is 4.39 Å². The fourth-order valence-corrected chi connectivity index (χ4v) is 1.61. The molecule has 1 nitrogen and oxygen atoms in total. The van der Waals surface area contributed by atoms with Gasteiger partial charge in [-0.15, -0.1) is 0 Å². The third kappa shape index (κ3) is 3.51. The Balaban J connectivity index is 2.65. The highest BCUT2D eigenvalue weighted by atomic mass is 19.1. The maximum atomic E-state index is 13.4. The van der Waals surface area contributed by atoms with Gasteiger partial charge in [0.05, 0.1) is 6.61 Å². The fourth-order valence-electron chi connectivity index (χ4n) is 1.61. The van der Waals surface area contributed by atoms with Crippen LogP contribution in [0, 0.1) is 11.7 Å². The molecule has 0 atom stereocenters. The molecule has 0 aromatic heterocycles. The maximum Gasteiger partial charge on any atom is 0.165 e. The number of halogens is 1. The van der Waals surface area contributed by atoms with Gasteiger partial charge in [-0.2, -0.15) is 0 Å². The lowest BCUT2D eigenvalue weighted by atomic mass is 10.1. The Labute approximate surface area is 97.6 Å².